The van der Waals surface area contributed by atoms with Gasteiger partial charge in [-0.15, -0.1) is 11.3 Å². The van der Waals surface area contributed by atoms with Gasteiger partial charge in [-0.1, -0.05) is 12.1 Å². The molecule has 0 saturated carbocycles. The number of aromatic amines is 1. The van der Waals surface area contributed by atoms with E-state index in [2.05, 4.69) is 15.3 Å². The third-order valence-corrected chi connectivity index (χ3v) is 4.88. The molecule has 1 aromatic carbocycles. The number of H-pyrrole nitrogens is 1. The lowest BCUT2D eigenvalue weighted by molar-refractivity contribution is -0.141. The molecule has 0 radical (unpaired) electrons. The van der Waals surface area contributed by atoms with E-state index in [1.807, 2.05) is 31.2 Å². The Morgan fingerprint density at radius 3 is 2.65 bits per heavy atom. The molecule has 2 heterocycles. The minimum absolute atomic E-state index is 0.123. The van der Waals surface area contributed by atoms with Gasteiger partial charge in [-0.3, -0.25) is 9.59 Å². The first-order valence-electron chi connectivity index (χ1n) is 8.02. The van der Waals surface area contributed by atoms with E-state index in [0.29, 0.717) is 17.1 Å². The number of carbonyl (C=O) groups is 3. The summed E-state index contributed by atoms with van der Waals surface area (Å²) in [6.07, 6.45) is 0.454. The molecule has 0 saturated heterocycles. The first-order chi connectivity index (χ1) is 12.4. The zero-order valence-corrected chi connectivity index (χ0v) is 14.8. The number of hydrogen-bond acceptors (Lipinski definition) is 5. The summed E-state index contributed by atoms with van der Waals surface area (Å²) >= 11 is 1.20. The van der Waals surface area contributed by atoms with Crippen molar-refractivity contribution in [2.24, 2.45) is 0 Å². The average molecular weight is 371 g/mol. The molecule has 0 bridgehead atoms. The number of para-hydroxylation sites is 2. The van der Waals surface area contributed by atoms with E-state index in [1.54, 1.807) is 12.1 Å². The molecular weight excluding hydrogens is 354 g/mol. The quantitative estimate of drug-likeness (QED) is 0.436. The maximum atomic E-state index is 12.1. The largest absolute Gasteiger partial charge is 0.480 e. The molecule has 2 aromatic heterocycles. The number of carbonyl (C=O) groups excluding carboxylic acids is 2. The van der Waals surface area contributed by atoms with Crippen LogP contribution < -0.4 is 5.32 Å². The number of nitrogens with one attached hydrogen (secondary N) is 2. The van der Waals surface area contributed by atoms with Crippen molar-refractivity contribution < 1.29 is 19.5 Å². The van der Waals surface area contributed by atoms with Crippen LogP contribution in [0.15, 0.2) is 36.4 Å². The third-order valence-electron chi connectivity index (χ3n) is 3.88. The van der Waals surface area contributed by atoms with Gasteiger partial charge in [-0.25, -0.2) is 9.78 Å². The maximum Gasteiger partial charge on any atom is 0.326 e. The second-order valence-corrected chi connectivity index (χ2v) is 7.13. The van der Waals surface area contributed by atoms with Gasteiger partial charge in [0.1, 0.15) is 11.9 Å². The third kappa shape index (κ3) is 3.97. The van der Waals surface area contributed by atoms with E-state index in [4.69, 9.17) is 0 Å². The molecule has 1 amide bonds. The normalized spacial score (nSPS) is 12.0. The number of amides is 1. The average Bonchev–Trinajstić information content (AvgIpc) is 3.23. The van der Waals surface area contributed by atoms with E-state index in [9.17, 15) is 19.5 Å². The molecule has 0 spiro atoms. The summed E-state index contributed by atoms with van der Waals surface area (Å²) in [5.74, 6) is -2.20. The fourth-order valence-corrected chi connectivity index (χ4v) is 3.36. The number of thiophene rings is 1. The maximum absolute atomic E-state index is 12.1. The topological polar surface area (TPSA) is 112 Å². The number of ketones is 1. The highest BCUT2D eigenvalue weighted by molar-refractivity contribution is 7.14. The van der Waals surface area contributed by atoms with E-state index in [0.717, 1.165) is 15.9 Å². The van der Waals surface area contributed by atoms with Gasteiger partial charge in [0, 0.05) is 11.3 Å². The molecule has 0 fully saturated rings. The van der Waals surface area contributed by atoms with Crippen molar-refractivity contribution in [3.05, 3.63) is 52.0 Å². The first kappa shape index (κ1) is 17.8. The summed E-state index contributed by atoms with van der Waals surface area (Å²) in [5, 5.41) is 11.6. The number of carboxylic acid groups (broad SMARTS) is 1. The van der Waals surface area contributed by atoms with Crippen LogP contribution in [0, 0.1) is 6.92 Å². The number of aromatic nitrogens is 2. The van der Waals surface area contributed by atoms with E-state index < -0.39 is 23.7 Å². The Balaban J connectivity index is 1.64. The van der Waals surface area contributed by atoms with Crippen molar-refractivity contribution in [2.45, 2.75) is 25.8 Å². The van der Waals surface area contributed by atoms with Gasteiger partial charge in [-0.2, -0.15) is 0 Å². The van der Waals surface area contributed by atoms with Crippen molar-refractivity contribution in [3.8, 4) is 0 Å². The number of rotatable bonds is 7. The molecule has 8 heteroatoms. The molecule has 1 unspecified atom stereocenters. The predicted molar refractivity (Wildman–Crippen MR) is 97.4 cm³/mol. The van der Waals surface area contributed by atoms with Gasteiger partial charge in [0.05, 0.1) is 15.9 Å². The Morgan fingerprint density at radius 2 is 2.00 bits per heavy atom. The predicted octanol–water partition coefficient (Wildman–Crippen LogP) is 2.32. The van der Waals surface area contributed by atoms with E-state index in [1.165, 1.54) is 11.3 Å². The van der Waals surface area contributed by atoms with Crippen LogP contribution in [0.3, 0.4) is 0 Å². The summed E-state index contributed by atoms with van der Waals surface area (Å²) in [4.78, 5) is 44.3. The summed E-state index contributed by atoms with van der Waals surface area (Å²) in [7, 11) is 0. The van der Waals surface area contributed by atoms with Crippen LogP contribution in [-0.2, 0) is 16.0 Å². The zero-order chi connectivity index (χ0) is 18.7. The Kier molecular flexibility index (Phi) is 5.13. The summed E-state index contributed by atoms with van der Waals surface area (Å²) < 4.78 is 0. The lowest BCUT2D eigenvalue weighted by atomic mass is 10.1. The van der Waals surface area contributed by atoms with Crippen LogP contribution in [0.2, 0.25) is 0 Å². The van der Waals surface area contributed by atoms with Crippen molar-refractivity contribution in [3.63, 3.8) is 0 Å². The molecular formula is C18H17N3O4S. The molecule has 0 aliphatic carbocycles. The van der Waals surface area contributed by atoms with Crippen LogP contribution in [0.25, 0.3) is 11.0 Å². The SMILES string of the molecule is Cc1ccc(C(=O)C(=O)NC(CCc2nc3ccccc3[nH]2)C(=O)O)s1. The molecule has 7 nitrogen and oxygen atoms in total. The second-order valence-electron chi connectivity index (χ2n) is 5.84. The van der Waals surface area contributed by atoms with E-state index >= 15 is 0 Å². The molecule has 3 aromatic rings. The Labute approximate surface area is 153 Å². The summed E-state index contributed by atoms with van der Waals surface area (Å²) in [6, 6.07) is 9.61. The number of Topliss-reactive ketones (excluding diaryl/α,β-unsaturated/α-hetero) is 1. The molecule has 0 aliphatic rings. The van der Waals surface area contributed by atoms with Gasteiger partial charge in [-0.05, 0) is 37.6 Å². The van der Waals surface area contributed by atoms with Gasteiger partial charge >= 0.3 is 5.97 Å². The number of benzene rings is 1. The number of hydrogen-bond donors (Lipinski definition) is 3. The molecule has 3 N–H and O–H groups in total. The molecule has 26 heavy (non-hydrogen) atoms. The van der Waals surface area contributed by atoms with Gasteiger partial charge in [0.2, 0.25) is 0 Å². The summed E-state index contributed by atoms with van der Waals surface area (Å²) in [5.41, 5.74) is 1.66. The van der Waals surface area contributed by atoms with Crippen molar-refractivity contribution in [1.82, 2.24) is 15.3 Å². The van der Waals surface area contributed by atoms with Crippen LogP contribution in [-0.4, -0.2) is 38.8 Å². The fraction of sp³-hybridized carbons (Fsp3) is 0.222. The number of aryl methyl sites for hydroxylation is 2. The van der Waals surface area contributed by atoms with Gasteiger partial charge in [0.15, 0.2) is 0 Å². The molecule has 1 atom stereocenters. The number of nitrogens with zero attached hydrogens (tertiary/aromatic N) is 1. The molecule has 0 aliphatic heterocycles. The molecule has 3 rings (SSSR count). The highest BCUT2D eigenvalue weighted by Gasteiger charge is 2.25. The Morgan fingerprint density at radius 1 is 1.23 bits per heavy atom. The van der Waals surface area contributed by atoms with Gasteiger partial charge < -0.3 is 15.4 Å². The smallest absolute Gasteiger partial charge is 0.326 e. The van der Waals surface area contributed by atoms with Crippen LogP contribution in [0.1, 0.15) is 26.8 Å². The number of carboxylic acids is 1. The minimum Gasteiger partial charge on any atom is -0.480 e. The highest BCUT2D eigenvalue weighted by atomic mass is 32.1. The number of imidazole rings is 1. The standard InChI is InChI=1S/C18H17N3O4S/c1-10-6-8-14(26-10)16(22)17(23)21-13(18(24)25)7-9-15-19-11-4-2-3-5-12(11)20-15/h2-6,8,13H,7,9H2,1H3,(H,19,20)(H,21,23)(H,24,25). The molecule has 134 valence electrons. The Bertz CT molecular complexity index is 943. The minimum atomic E-state index is -1.19. The Hall–Kier alpha value is -3.00. The number of fused-ring (bicyclic) bond motifs is 1. The van der Waals surface area contributed by atoms with Crippen LogP contribution >= 0.6 is 11.3 Å². The van der Waals surface area contributed by atoms with E-state index in [-0.39, 0.29) is 6.42 Å². The lowest BCUT2D eigenvalue weighted by Gasteiger charge is -2.12. The fourth-order valence-electron chi connectivity index (χ4n) is 2.55. The van der Waals surface area contributed by atoms with Gasteiger partial charge in [0.25, 0.3) is 11.7 Å². The van der Waals surface area contributed by atoms with Crippen LogP contribution in [0.5, 0.6) is 0 Å². The number of aliphatic carboxylic acids is 1. The van der Waals surface area contributed by atoms with Crippen molar-refractivity contribution in [1.29, 1.82) is 0 Å². The van der Waals surface area contributed by atoms with Crippen molar-refractivity contribution >= 4 is 40.0 Å². The first-order valence-corrected chi connectivity index (χ1v) is 8.84. The van der Waals surface area contributed by atoms with Crippen molar-refractivity contribution in [2.75, 3.05) is 0 Å². The zero-order valence-electron chi connectivity index (χ0n) is 14.0. The second kappa shape index (κ2) is 7.49. The van der Waals surface area contributed by atoms with Crippen LogP contribution in [0.4, 0.5) is 0 Å². The summed E-state index contributed by atoms with van der Waals surface area (Å²) in [6.45, 7) is 1.83. The highest BCUT2D eigenvalue weighted by Crippen LogP contribution is 2.16. The monoisotopic (exact) mass is 371 g/mol. The lowest BCUT2D eigenvalue weighted by Crippen LogP contribution is -2.44.